The van der Waals surface area contributed by atoms with Crippen LogP contribution >= 0.6 is 0 Å². The minimum absolute atomic E-state index is 0.231. The highest BCUT2D eigenvalue weighted by Gasteiger charge is 2.23. The van der Waals surface area contributed by atoms with E-state index in [1.165, 1.54) is 7.11 Å². The largest absolute Gasteiger partial charge is 0.467 e. The first-order chi connectivity index (χ1) is 6.22. The predicted octanol–water partition coefficient (Wildman–Crippen LogP) is 0.232. The van der Waals surface area contributed by atoms with Crippen molar-refractivity contribution in [2.75, 3.05) is 12.8 Å². The molecule has 70 valence electrons. The lowest BCUT2D eigenvalue weighted by Crippen LogP contribution is -2.08. The third-order valence-electron chi connectivity index (χ3n) is 2.23. The number of ether oxygens (including phenoxy) is 1. The Kier molecular flexibility index (Phi) is 1.81. The van der Waals surface area contributed by atoms with Crippen LogP contribution in [0.2, 0.25) is 0 Å². The zero-order valence-corrected chi connectivity index (χ0v) is 7.66. The monoisotopic (exact) mass is 180 g/mol. The molecule has 5 nitrogen and oxygen atoms in total. The summed E-state index contributed by atoms with van der Waals surface area (Å²) in [5, 5.41) is 3.24. The molecule has 0 aromatic carbocycles. The summed E-state index contributed by atoms with van der Waals surface area (Å²) in [6, 6.07) is 0.570. The molecule has 2 rings (SSSR count). The zero-order valence-electron chi connectivity index (χ0n) is 7.66. The number of nitrogen functional groups attached to an aromatic ring is 1. The summed E-state index contributed by atoms with van der Waals surface area (Å²) >= 11 is 0. The second-order valence-electron chi connectivity index (χ2n) is 3.06. The van der Waals surface area contributed by atoms with Crippen molar-refractivity contribution in [3.63, 3.8) is 0 Å². The molecular formula is C8H12N4O. The fraction of sp³-hybridized carbons (Fsp3) is 0.500. The van der Waals surface area contributed by atoms with Gasteiger partial charge >= 0.3 is 6.01 Å². The van der Waals surface area contributed by atoms with Gasteiger partial charge in [0.25, 0.3) is 0 Å². The lowest BCUT2D eigenvalue weighted by Gasteiger charge is -2.06. The third kappa shape index (κ3) is 1.21. The first kappa shape index (κ1) is 8.25. The Hall–Kier alpha value is -1.36. The zero-order chi connectivity index (χ0) is 9.42. The van der Waals surface area contributed by atoms with E-state index in [1.807, 2.05) is 6.92 Å². The fourth-order valence-corrected chi connectivity index (χ4v) is 1.48. The van der Waals surface area contributed by atoms with Crippen LogP contribution in [0.1, 0.15) is 24.2 Å². The van der Waals surface area contributed by atoms with E-state index >= 15 is 0 Å². The molecule has 2 heterocycles. The van der Waals surface area contributed by atoms with Crippen LogP contribution in [0.4, 0.5) is 5.82 Å². The molecule has 5 heteroatoms. The number of aromatic nitrogens is 2. The summed E-state index contributed by atoms with van der Waals surface area (Å²) in [6.45, 7) is 2.78. The van der Waals surface area contributed by atoms with Crippen LogP contribution in [0.15, 0.2) is 0 Å². The van der Waals surface area contributed by atoms with Gasteiger partial charge in [-0.3, -0.25) is 0 Å². The standard InChI is InChI=1S/C8H12N4O/c1-4-6-5(3-10-4)7(9)12-8(11-6)13-2/h4,10H,3H2,1-2H3,(H2,9,11,12). The van der Waals surface area contributed by atoms with E-state index in [2.05, 4.69) is 15.3 Å². The minimum Gasteiger partial charge on any atom is -0.467 e. The molecule has 0 amide bonds. The summed E-state index contributed by atoms with van der Waals surface area (Å²) in [7, 11) is 1.54. The second-order valence-corrected chi connectivity index (χ2v) is 3.06. The van der Waals surface area contributed by atoms with Gasteiger partial charge in [-0.2, -0.15) is 9.97 Å². The summed E-state index contributed by atoms with van der Waals surface area (Å²) in [6.07, 6.45) is 0. The summed E-state index contributed by atoms with van der Waals surface area (Å²) in [4.78, 5) is 8.24. The van der Waals surface area contributed by atoms with Gasteiger partial charge in [0.05, 0.1) is 12.8 Å². The maximum absolute atomic E-state index is 5.74. The smallest absolute Gasteiger partial charge is 0.318 e. The molecule has 1 unspecified atom stereocenters. The number of nitrogens with zero attached hydrogens (tertiary/aromatic N) is 2. The van der Waals surface area contributed by atoms with Gasteiger partial charge in [0.2, 0.25) is 0 Å². The van der Waals surface area contributed by atoms with E-state index < -0.39 is 0 Å². The molecular weight excluding hydrogens is 168 g/mol. The van der Waals surface area contributed by atoms with E-state index in [0.717, 1.165) is 17.8 Å². The number of methoxy groups -OCH3 is 1. The highest BCUT2D eigenvalue weighted by atomic mass is 16.5. The van der Waals surface area contributed by atoms with Crippen LogP contribution in [0.5, 0.6) is 6.01 Å². The molecule has 1 aliphatic heterocycles. The van der Waals surface area contributed by atoms with E-state index in [0.29, 0.717) is 11.8 Å². The average Bonchev–Trinajstić information content (AvgIpc) is 2.48. The van der Waals surface area contributed by atoms with Crippen molar-refractivity contribution in [1.29, 1.82) is 0 Å². The minimum atomic E-state index is 0.231. The quantitative estimate of drug-likeness (QED) is 0.647. The molecule has 1 aromatic heterocycles. The van der Waals surface area contributed by atoms with Crippen LogP contribution in [-0.4, -0.2) is 17.1 Å². The number of hydrogen-bond donors (Lipinski definition) is 2. The Morgan fingerprint density at radius 2 is 2.31 bits per heavy atom. The molecule has 1 aliphatic rings. The number of hydrogen-bond acceptors (Lipinski definition) is 5. The van der Waals surface area contributed by atoms with E-state index in [9.17, 15) is 0 Å². The van der Waals surface area contributed by atoms with E-state index in [4.69, 9.17) is 10.5 Å². The van der Waals surface area contributed by atoms with Gasteiger partial charge in [0.15, 0.2) is 0 Å². The highest BCUT2D eigenvalue weighted by Crippen LogP contribution is 2.27. The Balaban J connectivity index is 2.53. The molecule has 0 bridgehead atoms. The lowest BCUT2D eigenvalue weighted by molar-refractivity contribution is 0.378. The van der Waals surface area contributed by atoms with Crippen molar-refractivity contribution in [2.24, 2.45) is 0 Å². The Bertz CT molecular complexity index is 339. The average molecular weight is 180 g/mol. The Morgan fingerprint density at radius 3 is 3.00 bits per heavy atom. The van der Waals surface area contributed by atoms with Gasteiger partial charge in [0, 0.05) is 18.2 Å². The topological polar surface area (TPSA) is 73.1 Å². The lowest BCUT2D eigenvalue weighted by atomic mass is 10.2. The van der Waals surface area contributed by atoms with Crippen LogP contribution in [0.3, 0.4) is 0 Å². The molecule has 0 spiro atoms. The maximum atomic E-state index is 5.74. The molecule has 0 saturated heterocycles. The molecule has 3 N–H and O–H groups in total. The number of nitrogens with two attached hydrogens (primary N) is 1. The maximum Gasteiger partial charge on any atom is 0.318 e. The van der Waals surface area contributed by atoms with Gasteiger partial charge in [-0.15, -0.1) is 0 Å². The number of nitrogens with one attached hydrogen (secondary N) is 1. The summed E-state index contributed by atoms with van der Waals surface area (Å²) in [5.74, 6) is 0.513. The van der Waals surface area contributed by atoms with Gasteiger partial charge in [-0.1, -0.05) is 0 Å². The second kappa shape index (κ2) is 2.85. The van der Waals surface area contributed by atoms with Gasteiger partial charge in [0.1, 0.15) is 5.82 Å². The highest BCUT2D eigenvalue weighted by molar-refractivity contribution is 5.46. The Morgan fingerprint density at radius 1 is 1.54 bits per heavy atom. The molecule has 1 aromatic rings. The van der Waals surface area contributed by atoms with Gasteiger partial charge in [-0.25, -0.2) is 0 Å². The first-order valence-corrected chi connectivity index (χ1v) is 4.16. The molecule has 13 heavy (non-hydrogen) atoms. The third-order valence-corrected chi connectivity index (χ3v) is 2.23. The van der Waals surface area contributed by atoms with Crippen molar-refractivity contribution in [2.45, 2.75) is 19.5 Å². The van der Waals surface area contributed by atoms with Crippen LogP contribution < -0.4 is 15.8 Å². The van der Waals surface area contributed by atoms with E-state index in [-0.39, 0.29) is 6.04 Å². The summed E-state index contributed by atoms with van der Waals surface area (Å²) in [5.41, 5.74) is 7.68. The van der Waals surface area contributed by atoms with Crippen molar-refractivity contribution >= 4 is 5.82 Å². The summed E-state index contributed by atoms with van der Waals surface area (Å²) < 4.78 is 4.94. The van der Waals surface area contributed by atoms with Crippen molar-refractivity contribution in [3.05, 3.63) is 11.3 Å². The normalized spacial score (nSPS) is 20.0. The molecule has 0 radical (unpaired) electrons. The number of fused-ring (bicyclic) bond motifs is 1. The van der Waals surface area contributed by atoms with Gasteiger partial charge < -0.3 is 15.8 Å². The number of rotatable bonds is 1. The molecule has 0 saturated carbocycles. The SMILES string of the molecule is COc1nc(N)c2c(n1)C(C)NC2. The van der Waals surface area contributed by atoms with Crippen LogP contribution in [-0.2, 0) is 6.54 Å². The van der Waals surface area contributed by atoms with Crippen LogP contribution in [0.25, 0.3) is 0 Å². The molecule has 0 fully saturated rings. The molecule has 0 aliphatic carbocycles. The number of anilines is 1. The fourth-order valence-electron chi connectivity index (χ4n) is 1.48. The van der Waals surface area contributed by atoms with E-state index in [1.54, 1.807) is 0 Å². The van der Waals surface area contributed by atoms with Gasteiger partial charge in [-0.05, 0) is 6.92 Å². The van der Waals surface area contributed by atoms with Crippen molar-refractivity contribution in [3.8, 4) is 6.01 Å². The van der Waals surface area contributed by atoms with Crippen molar-refractivity contribution < 1.29 is 4.74 Å². The van der Waals surface area contributed by atoms with Crippen LogP contribution in [0, 0.1) is 0 Å². The predicted molar refractivity (Wildman–Crippen MR) is 48.3 cm³/mol. The van der Waals surface area contributed by atoms with Crippen molar-refractivity contribution in [1.82, 2.24) is 15.3 Å². The Labute approximate surface area is 76.3 Å². The molecule has 1 atom stereocenters. The first-order valence-electron chi connectivity index (χ1n) is 4.16.